The largest absolute Gasteiger partial charge is 0.390 e. The molecular formula is C12H5F6NO. The lowest BCUT2D eigenvalue weighted by atomic mass is 10.0. The minimum atomic E-state index is -2.32. The molecule has 0 amide bonds. The van der Waals surface area contributed by atoms with Crippen LogP contribution >= 0.6 is 0 Å². The van der Waals surface area contributed by atoms with Crippen LogP contribution in [0.4, 0.5) is 26.3 Å². The molecule has 0 spiro atoms. The third-order valence-electron chi connectivity index (χ3n) is 2.57. The van der Waals surface area contributed by atoms with Crippen LogP contribution < -0.4 is 0 Å². The lowest BCUT2D eigenvalue weighted by molar-refractivity contribution is 0.277. The Morgan fingerprint density at radius 1 is 0.850 bits per heavy atom. The Hall–Kier alpha value is -2.09. The van der Waals surface area contributed by atoms with Crippen LogP contribution in [0.3, 0.4) is 0 Å². The molecule has 1 aromatic heterocycles. The summed E-state index contributed by atoms with van der Waals surface area (Å²) >= 11 is 0. The Morgan fingerprint density at radius 3 is 1.85 bits per heavy atom. The average molecular weight is 293 g/mol. The topological polar surface area (TPSA) is 33.1 Å². The molecule has 0 aliphatic rings. The van der Waals surface area contributed by atoms with Crippen molar-refractivity contribution in [2.45, 2.75) is 6.61 Å². The Balaban J connectivity index is 2.86. The van der Waals surface area contributed by atoms with Crippen LogP contribution in [-0.2, 0) is 6.61 Å². The smallest absolute Gasteiger partial charge is 0.200 e. The van der Waals surface area contributed by atoms with Crippen molar-refractivity contribution in [3.8, 4) is 11.1 Å². The minimum absolute atomic E-state index is 0.422. The van der Waals surface area contributed by atoms with E-state index in [4.69, 9.17) is 5.11 Å². The highest BCUT2D eigenvalue weighted by atomic mass is 19.2. The van der Waals surface area contributed by atoms with Crippen molar-refractivity contribution in [3.63, 3.8) is 0 Å². The molecule has 2 aromatic rings. The van der Waals surface area contributed by atoms with E-state index in [-0.39, 0.29) is 0 Å². The highest BCUT2D eigenvalue weighted by Crippen LogP contribution is 2.33. The normalized spacial score (nSPS) is 10.9. The molecule has 0 saturated carbocycles. The second kappa shape index (κ2) is 5.12. The van der Waals surface area contributed by atoms with Gasteiger partial charge >= 0.3 is 0 Å². The zero-order chi connectivity index (χ0) is 15.0. The number of rotatable bonds is 2. The van der Waals surface area contributed by atoms with Gasteiger partial charge in [0, 0.05) is 5.56 Å². The van der Waals surface area contributed by atoms with Gasteiger partial charge < -0.3 is 5.11 Å². The van der Waals surface area contributed by atoms with Gasteiger partial charge in [0.05, 0.1) is 24.1 Å². The molecule has 0 unspecified atom stereocenters. The summed E-state index contributed by atoms with van der Waals surface area (Å²) in [5.41, 5.74) is -2.47. The third kappa shape index (κ3) is 2.11. The van der Waals surface area contributed by atoms with Gasteiger partial charge in [-0.25, -0.2) is 26.3 Å². The number of aromatic nitrogens is 1. The van der Waals surface area contributed by atoms with E-state index in [1.807, 2.05) is 0 Å². The zero-order valence-corrected chi connectivity index (χ0v) is 9.52. The standard InChI is InChI=1S/C12H5F6NO/c13-4-1-5(6(3-20)19-2-4)7-8(14)10(16)12(18)11(17)9(7)15/h1-2,20H,3H2. The average Bonchev–Trinajstić information content (AvgIpc) is 2.43. The highest BCUT2D eigenvalue weighted by molar-refractivity contribution is 5.67. The molecule has 1 heterocycles. The van der Waals surface area contributed by atoms with Crippen molar-refractivity contribution < 1.29 is 31.4 Å². The molecule has 1 aromatic carbocycles. The molecule has 0 fully saturated rings. The van der Waals surface area contributed by atoms with Crippen LogP contribution in [0.15, 0.2) is 12.3 Å². The van der Waals surface area contributed by atoms with Crippen molar-refractivity contribution in [1.82, 2.24) is 4.98 Å². The van der Waals surface area contributed by atoms with Crippen molar-refractivity contribution in [2.75, 3.05) is 0 Å². The Morgan fingerprint density at radius 2 is 1.35 bits per heavy atom. The second-order valence-corrected chi connectivity index (χ2v) is 3.75. The number of halogens is 6. The van der Waals surface area contributed by atoms with E-state index in [0.717, 1.165) is 0 Å². The van der Waals surface area contributed by atoms with Gasteiger partial charge in [-0.1, -0.05) is 0 Å². The number of benzene rings is 1. The quantitative estimate of drug-likeness (QED) is 0.524. The van der Waals surface area contributed by atoms with Crippen molar-refractivity contribution >= 4 is 0 Å². The number of aliphatic hydroxyl groups excluding tert-OH is 1. The predicted molar refractivity (Wildman–Crippen MR) is 55.3 cm³/mol. The van der Waals surface area contributed by atoms with Gasteiger partial charge in [0.15, 0.2) is 23.3 Å². The van der Waals surface area contributed by atoms with Gasteiger partial charge in [-0.3, -0.25) is 4.98 Å². The first-order chi connectivity index (χ1) is 9.38. The second-order valence-electron chi connectivity index (χ2n) is 3.75. The van der Waals surface area contributed by atoms with Crippen LogP contribution in [0.2, 0.25) is 0 Å². The molecule has 106 valence electrons. The highest BCUT2D eigenvalue weighted by Gasteiger charge is 2.28. The lowest BCUT2D eigenvalue weighted by Crippen LogP contribution is -2.06. The number of hydrogen-bond donors (Lipinski definition) is 1. The summed E-state index contributed by atoms with van der Waals surface area (Å²) in [4.78, 5) is 3.34. The molecule has 0 aliphatic heterocycles. The maximum Gasteiger partial charge on any atom is 0.200 e. The molecule has 0 aliphatic carbocycles. The monoisotopic (exact) mass is 293 g/mol. The van der Waals surface area contributed by atoms with E-state index >= 15 is 0 Å². The predicted octanol–water partition coefficient (Wildman–Crippen LogP) is 3.08. The minimum Gasteiger partial charge on any atom is -0.390 e. The fraction of sp³-hybridized carbons (Fsp3) is 0.0833. The van der Waals surface area contributed by atoms with Gasteiger partial charge in [0.2, 0.25) is 5.82 Å². The lowest BCUT2D eigenvalue weighted by Gasteiger charge is -2.11. The van der Waals surface area contributed by atoms with E-state index in [2.05, 4.69) is 4.98 Å². The molecular weight excluding hydrogens is 288 g/mol. The maximum absolute atomic E-state index is 13.6. The fourth-order valence-corrected chi connectivity index (χ4v) is 1.65. The van der Waals surface area contributed by atoms with Crippen LogP contribution in [0.1, 0.15) is 5.69 Å². The number of hydrogen-bond acceptors (Lipinski definition) is 2. The number of nitrogens with zero attached hydrogens (tertiary/aromatic N) is 1. The molecule has 1 N–H and O–H groups in total. The molecule has 0 saturated heterocycles. The van der Waals surface area contributed by atoms with Crippen LogP contribution in [0.25, 0.3) is 11.1 Å². The zero-order valence-electron chi connectivity index (χ0n) is 9.52. The first-order valence-corrected chi connectivity index (χ1v) is 5.15. The van der Waals surface area contributed by atoms with Crippen molar-refractivity contribution in [1.29, 1.82) is 0 Å². The van der Waals surface area contributed by atoms with E-state index < -0.39 is 58.3 Å². The maximum atomic E-state index is 13.6. The first-order valence-electron chi connectivity index (χ1n) is 5.15. The third-order valence-corrected chi connectivity index (χ3v) is 2.57. The van der Waals surface area contributed by atoms with Crippen molar-refractivity contribution in [2.24, 2.45) is 0 Å². The summed E-state index contributed by atoms with van der Waals surface area (Å²) in [6.45, 7) is -0.866. The molecule has 0 radical (unpaired) electrons. The van der Waals surface area contributed by atoms with Crippen LogP contribution in [-0.4, -0.2) is 10.1 Å². The summed E-state index contributed by atoms with van der Waals surface area (Å²) in [5.74, 6) is -11.9. The Bertz CT molecular complexity index is 659. The number of aliphatic hydroxyl groups is 1. The van der Waals surface area contributed by atoms with E-state index in [0.29, 0.717) is 12.3 Å². The SMILES string of the molecule is OCc1ncc(F)cc1-c1c(F)c(F)c(F)c(F)c1F. The summed E-state index contributed by atoms with van der Waals surface area (Å²) in [6.07, 6.45) is 0.640. The summed E-state index contributed by atoms with van der Waals surface area (Å²) in [5, 5.41) is 8.95. The van der Waals surface area contributed by atoms with Gasteiger partial charge in [-0.15, -0.1) is 0 Å². The van der Waals surface area contributed by atoms with Crippen molar-refractivity contribution in [3.05, 3.63) is 52.9 Å². The molecule has 0 atom stereocenters. The molecule has 20 heavy (non-hydrogen) atoms. The Labute approximate surface area is 108 Å². The van der Waals surface area contributed by atoms with Gasteiger partial charge in [-0.2, -0.15) is 0 Å². The molecule has 2 nitrogen and oxygen atoms in total. The first kappa shape index (κ1) is 14.3. The van der Waals surface area contributed by atoms with Gasteiger partial charge in [0.25, 0.3) is 0 Å². The van der Waals surface area contributed by atoms with E-state index in [1.54, 1.807) is 0 Å². The molecule has 0 bridgehead atoms. The molecule has 8 heteroatoms. The van der Waals surface area contributed by atoms with E-state index in [9.17, 15) is 26.3 Å². The van der Waals surface area contributed by atoms with Crippen LogP contribution in [0.5, 0.6) is 0 Å². The van der Waals surface area contributed by atoms with Gasteiger partial charge in [0.1, 0.15) is 5.82 Å². The number of pyridine rings is 1. The fourth-order valence-electron chi connectivity index (χ4n) is 1.65. The van der Waals surface area contributed by atoms with E-state index in [1.165, 1.54) is 0 Å². The molecule has 2 rings (SSSR count). The summed E-state index contributed by atoms with van der Waals surface area (Å²) in [7, 11) is 0. The summed E-state index contributed by atoms with van der Waals surface area (Å²) < 4.78 is 79.3. The summed E-state index contributed by atoms with van der Waals surface area (Å²) in [6, 6.07) is 0.525. The van der Waals surface area contributed by atoms with Gasteiger partial charge in [-0.05, 0) is 6.07 Å². The Kier molecular flexibility index (Phi) is 3.67. The van der Waals surface area contributed by atoms with Crippen LogP contribution in [0, 0.1) is 34.9 Å².